The summed E-state index contributed by atoms with van der Waals surface area (Å²) in [5.74, 6) is 0.934. The second-order valence-electron chi connectivity index (χ2n) is 5.08. The summed E-state index contributed by atoms with van der Waals surface area (Å²) in [7, 11) is 0. The molecular weight excluding hydrogens is 264 g/mol. The molecule has 1 amide bonds. The van der Waals surface area contributed by atoms with Crippen LogP contribution in [0.5, 0.6) is 5.75 Å². The molecule has 0 aromatic heterocycles. The smallest absolute Gasteiger partial charge is 0.225 e. The van der Waals surface area contributed by atoms with Gasteiger partial charge in [-0.15, -0.1) is 0 Å². The minimum Gasteiger partial charge on any atom is -0.492 e. The average molecular weight is 285 g/mol. The quantitative estimate of drug-likeness (QED) is 0.844. The summed E-state index contributed by atoms with van der Waals surface area (Å²) in [4.78, 5) is 11.6. The van der Waals surface area contributed by atoms with Crippen molar-refractivity contribution in [3.05, 3.63) is 23.2 Å². The average Bonchev–Trinajstić information content (AvgIpc) is 2.26. The van der Waals surface area contributed by atoms with E-state index in [1.54, 1.807) is 25.1 Å². The van der Waals surface area contributed by atoms with Gasteiger partial charge in [-0.2, -0.15) is 0 Å². The molecule has 1 rings (SSSR count). The molecule has 4 nitrogen and oxygen atoms in total. The lowest BCUT2D eigenvalue weighted by molar-refractivity contribution is -0.116. The molecule has 1 aromatic carbocycles. The van der Waals surface area contributed by atoms with Crippen LogP contribution in [0.3, 0.4) is 0 Å². The van der Waals surface area contributed by atoms with E-state index in [0.717, 1.165) is 0 Å². The van der Waals surface area contributed by atoms with Crippen LogP contribution in [0.25, 0.3) is 0 Å². The lowest BCUT2D eigenvalue weighted by Crippen LogP contribution is -2.23. The largest absolute Gasteiger partial charge is 0.492 e. The SMILES string of the molecule is CC(C)COc1ccc(NC(=O)CC(C)N)cc1Cl. The molecule has 0 spiro atoms. The molecule has 19 heavy (non-hydrogen) atoms. The van der Waals surface area contributed by atoms with Crippen molar-refractivity contribution in [2.24, 2.45) is 11.7 Å². The van der Waals surface area contributed by atoms with E-state index < -0.39 is 0 Å². The number of hydrogen-bond donors (Lipinski definition) is 2. The first kappa shape index (κ1) is 15.8. The number of amides is 1. The van der Waals surface area contributed by atoms with E-state index in [-0.39, 0.29) is 18.4 Å². The van der Waals surface area contributed by atoms with Gasteiger partial charge in [0, 0.05) is 18.2 Å². The summed E-state index contributed by atoms with van der Waals surface area (Å²) in [5.41, 5.74) is 6.21. The van der Waals surface area contributed by atoms with Gasteiger partial charge in [0.1, 0.15) is 5.75 Å². The Labute approximate surface area is 119 Å². The molecule has 0 saturated heterocycles. The number of halogens is 1. The van der Waals surface area contributed by atoms with Gasteiger partial charge in [-0.25, -0.2) is 0 Å². The first-order valence-electron chi connectivity index (χ1n) is 6.36. The maximum atomic E-state index is 11.6. The highest BCUT2D eigenvalue weighted by Crippen LogP contribution is 2.28. The van der Waals surface area contributed by atoms with Crippen LogP contribution in [0.1, 0.15) is 27.2 Å². The van der Waals surface area contributed by atoms with Crippen molar-refractivity contribution in [1.82, 2.24) is 0 Å². The third-order valence-electron chi connectivity index (χ3n) is 2.30. The first-order chi connectivity index (χ1) is 8.88. The molecule has 0 bridgehead atoms. The summed E-state index contributed by atoms with van der Waals surface area (Å²) in [6.45, 7) is 6.53. The fourth-order valence-electron chi connectivity index (χ4n) is 1.46. The molecule has 0 saturated carbocycles. The van der Waals surface area contributed by atoms with Crippen LogP contribution < -0.4 is 15.8 Å². The molecule has 5 heteroatoms. The normalized spacial score (nSPS) is 12.3. The number of rotatable bonds is 6. The zero-order chi connectivity index (χ0) is 14.4. The van der Waals surface area contributed by atoms with Crippen LogP contribution in [-0.2, 0) is 4.79 Å². The Morgan fingerprint density at radius 2 is 2.11 bits per heavy atom. The van der Waals surface area contributed by atoms with Crippen molar-refractivity contribution < 1.29 is 9.53 Å². The molecule has 0 aliphatic carbocycles. The lowest BCUT2D eigenvalue weighted by atomic mass is 10.2. The highest BCUT2D eigenvalue weighted by atomic mass is 35.5. The number of hydrogen-bond acceptors (Lipinski definition) is 3. The summed E-state index contributed by atoms with van der Waals surface area (Å²) in [5, 5.41) is 3.23. The monoisotopic (exact) mass is 284 g/mol. The van der Waals surface area contributed by atoms with E-state index in [2.05, 4.69) is 19.2 Å². The number of benzene rings is 1. The Bertz CT molecular complexity index is 433. The Hall–Kier alpha value is -1.26. The van der Waals surface area contributed by atoms with Gasteiger partial charge in [0.15, 0.2) is 0 Å². The van der Waals surface area contributed by atoms with E-state index in [4.69, 9.17) is 22.1 Å². The van der Waals surface area contributed by atoms with Crippen LogP contribution in [0.4, 0.5) is 5.69 Å². The summed E-state index contributed by atoms with van der Waals surface area (Å²) < 4.78 is 5.56. The van der Waals surface area contributed by atoms with Gasteiger partial charge in [-0.05, 0) is 31.0 Å². The molecule has 1 atom stereocenters. The van der Waals surface area contributed by atoms with Crippen LogP contribution >= 0.6 is 11.6 Å². The topological polar surface area (TPSA) is 64.3 Å². The van der Waals surface area contributed by atoms with E-state index in [1.165, 1.54) is 0 Å². The maximum absolute atomic E-state index is 11.6. The molecule has 0 radical (unpaired) electrons. The zero-order valence-corrected chi connectivity index (χ0v) is 12.3. The maximum Gasteiger partial charge on any atom is 0.225 e. The molecule has 0 fully saturated rings. The van der Waals surface area contributed by atoms with E-state index in [0.29, 0.717) is 29.0 Å². The third-order valence-corrected chi connectivity index (χ3v) is 2.59. The van der Waals surface area contributed by atoms with Crippen molar-refractivity contribution in [3.8, 4) is 5.75 Å². The van der Waals surface area contributed by atoms with Crippen molar-refractivity contribution >= 4 is 23.2 Å². The minimum atomic E-state index is -0.163. The highest BCUT2D eigenvalue weighted by Gasteiger charge is 2.08. The number of carbonyl (C=O) groups is 1. The number of nitrogens with two attached hydrogens (primary N) is 1. The highest BCUT2D eigenvalue weighted by molar-refractivity contribution is 6.32. The summed E-state index contributed by atoms with van der Waals surface area (Å²) >= 11 is 6.10. The molecular formula is C14H21ClN2O2. The molecule has 0 aliphatic heterocycles. The van der Waals surface area contributed by atoms with Crippen LogP contribution in [0, 0.1) is 5.92 Å². The molecule has 0 heterocycles. The number of nitrogens with one attached hydrogen (secondary N) is 1. The standard InChI is InChI=1S/C14H21ClN2O2/c1-9(2)8-19-13-5-4-11(7-12(13)15)17-14(18)6-10(3)16/h4-5,7,9-10H,6,8,16H2,1-3H3,(H,17,18). The van der Waals surface area contributed by atoms with Gasteiger partial charge in [0.05, 0.1) is 11.6 Å². The molecule has 3 N–H and O–H groups in total. The molecule has 1 unspecified atom stereocenters. The van der Waals surface area contributed by atoms with Crippen molar-refractivity contribution in [1.29, 1.82) is 0 Å². The molecule has 106 valence electrons. The Balaban J connectivity index is 2.63. The van der Waals surface area contributed by atoms with Crippen molar-refractivity contribution in [3.63, 3.8) is 0 Å². The van der Waals surface area contributed by atoms with Crippen LogP contribution in [-0.4, -0.2) is 18.6 Å². The van der Waals surface area contributed by atoms with Gasteiger partial charge in [-0.1, -0.05) is 25.4 Å². The van der Waals surface area contributed by atoms with Crippen molar-refractivity contribution in [2.75, 3.05) is 11.9 Å². The van der Waals surface area contributed by atoms with Gasteiger partial charge in [0.25, 0.3) is 0 Å². The Morgan fingerprint density at radius 3 is 2.63 bits per heavy atom. The third kappa shape index (κ3) is 5.94. The van der Waals surface area contributed by atoms with Gasteiger partial charge in [0.2, 0.25) is 5.91 Å². The number of carbonyl (C=O) groups excluding carboxylic acids is 1. The zero-order valence-electron chi connectivity index (χ0n) is 11.6. The predicted octanol–water partition coefficient (Wildman–Crippen LogP) is 3.05. The fraction of sp³-hybridized carbons (Fsp3) is 0.500. The Kier molecular flexibility index (Phi) is 6.12. The molecule has 1 aromatic rings. The predicted molar refractivity (Wildman–Crippen MR) is 78.7 cm³/mol. The fourth-order valence-corrected chi connectivity index (χ4v) is 1.69. The van der Waals surface area contributed by atoms with Gasteiger partial charge < -0.3 is 15.8 Å². The van der Waals surface area contributed by atoms with E-state index in [9.17, 15) is 4.79 Å². The summed E-state index contributed by atoms with van der Waals surface area (Å²) in [6, 6.07) is 5.03. The minimum absolute atomic E-state index is 0.123. The van der Waals surface area contributed by atoms with Crippen molar-refractivity contribution in [2.45, 2.75) is 33.2 Å². The van der Waals surface area contributed by atoms with Crippen LogP contribution in [0.2, 0.25) is 5.02 Å². The molecule has 0 aliphatic rings. The van der Waals surface area contributed by atoms with Gasteiger partial charge >= 0.3 is 0 Å². The van der Waals surface area contributed by atoms with E-state index >= 15 is 0 Å². The van der Waals surface area contributed by atoms with Crippen LogP contribution in [0.15, 0.2) is 18.2 Å². The second kappa shape index (κ2) is 7.36. The second-order valence-corrected chi connectivity index (χ2v) is 5.49. The Morgan fingerprint density at radius 1 is 1.42 bits per heavy atom. The summed E-state index contributed by atoms with van der Waals surface area (Å²) in [6.07, 6.45) is 0.281. The van der Waals surface area contributed by atoms with E-state index in [1.807, 2.05) is 0 Å². The lowest BCUT2D eigenvalue weighted by Gasteiger charge is -2.12. The number of ether oxygens (including phenoxy) is 1. The first-order valence-corrected chi connectivity index (χ1v) is 6.74. The number of anilines is 1. The van der Waals surface area contributed by atoms with Gasteiger partial charge in [-0.3, -0.25) is 4.79 Å².